The van der Waals surface area contributed by atoms with Crippen molar-refractivity contribution in [3.05, 3.63) is 47.2 Å². The predicted molar refractivity (Wildman–Crippen MR) is 73.1 cm³/mol. The maximum atomic E-state index is 5.81. The molecule has 0 aliphatic carbocycles. The van der Waals surface area contributed by atoms with Gasteiger partial charge < -0.3 is 11.1 Å². The van der Waals surface area contributed by atoms with Gasteiger partial charge in [0.25, 0.3) is 5.95 Å². The standard InChI is InChI=1S/C12H12ClN5/c1-8-7-10(13)17-12(15-8)18-11(14)16-9-5-3-2-4-6-9/h2-7H,1H3,(H3,14,15,16,17,18). The molecule has 1 heterocycles. The highest BCUT2D eigenvalue weighted by Crippen LogP contribution is 2.12. The highest BCUT2D eigenvalue weighted by atomic mass is 35.5. The smallest absolute Gasteiger partial charge is 0.254 e. The SMILES string of the molecule is Cc1cc(Cl)nc(N=C(N)Nc2ccccc2)n1. The summed E-state index contributed by atoms with van der Waals surface area (Å²) >= 11 is 5.81. The van der Waals surface area contributed by atoms with Crippen LogP contribution in [0.1, 0.15) is 5.69 Å². The molecule has 5 nitrogen and oxygen atoms in total. The van der Waals surface area contributed by atoms with Crippen molar-refractivity contribution in [2.75, 3.05) is 5.32 Å². The van der Waals surface area contributed by atoms with Gasteiger partial charge in [-0.1, -0.05) is 29.8 Å². The van der Waals surface area contributed by atoms with Crippen molar-refractivity contribution >= 4 is 29.2 Å². The molecule has 0 amide bonds. The van der Waals surface area contributed by atoms with Gasteiger partial charge >= 0.3 is 0 Å². The molecule has 2 aromatic rings. The van der Waals surface area contributed by atoms with Crippen LogP contribution in [0.5, 0.6) is 0 Å². The van der Waals surface area contributed by atoms with Gasteiger partial charge in [-0.15, -0.1) is 0 Å². The van der Waals surface area contributed by atoms with Crippen molar-refractivity contribution in [2.45, 2.75) is 6.92 Å². The summed E-state index contributed by atoms with van der Waals surface area (Å²) in [6.45, 7) is 1.81. The van der Waals surface area contributed by atoms with E-state index in [2.05, 4.69) is 20.3 Å². The van der Waals surface area contributed by atoms with Crippen molar-refractivity contribution in [1.29, 1.82) is 0 Å². The van der Waals surface area contributed by atoms with Crippen LogP contribution in [0.15, 0.2) is 41.4 Å². The average Bonchev–Trinajstić information content (AvgIpc) is 2.28. The molecule has 0 radical (unpaired) electrons. The van der Waals surface area contributed by atoms with Crippen LogP contribution >= 0.6 is 11.6 Å². The Morgan fingerprint density at radius 1 is 1.28 bits per heavy atom. The number of para-hydroxylation sites is 1. The van der Waals surface area contributed by atoms with E-state index in [1.165, 1.54) is 0 Å². The van der Waals surface area contributed by atoms with Gasteiger partial charge in [0.1, 0.15) is 5.15 Å². The van der Waals surface area contributed by atoms with E-state index in [9.17, 15) is 0 Å². The summed E-state index contributed by atoms with van der Waals surface area (Å²) in [6, 6.07) is 11.1. The number of anilines is 1. The van der Waals surface area contributed by atoms with E-state index < -0.39 is 0 Å². The highest BCUT2D eigenvalue weighted by Gasteiger charge is 2.00. The number of hydrogen-bond acceptors (Lipinski definition) is 3. The van der Waals surface area contributed by atoms with Gasteiger partial charge in [0.15, 0.2) is 0 Å². The van der Waals surface area contributed by atoms with Crippen LogP contribution in [0.3, 0.4) is 0 Å². The lowest BCUT2D eigenvalue weighted by molar-refractivity contribution is 1.08. The first-order valence-corrected chi connectivity index (χ1v) is 5.69. The third-order valence-electron chi connectivity index (χ3n) is 2.08. The number of nitrogens with zero attached hydrogens (tertiary/aromatic N) is 3. The summed E-state index contributed by atoms with van der Waals surface area (Å²) in [5.41, 5.74) is 7.34. The molecule has 1 aromatic carbocycles. The van der Waals surface area contributed by atoms with Crippen LogP contribution < -0.4 is 11.1 Å². The lowest BCUT2D eigenvalue weighted by Gasteiger charge is -2.04. The minimum Gasteiger partial charge on any atom is -0.369 e. The molecular formula is C12H12ClN5. The van der Waals surface area contributed by atoms with Crippen molar-refractivity contribution < 1.29 is 0 Å². The third-order valence-corrected chi connectivity index (χ3v) is 2.27. The van der Waals surface area contributed by atoms with E-state index in [4.69, 9.17) is 17.3 Å². The highest BCUT2D eigenvalue weighted by molar-refractivity contribution is 6.29. The number of aliphatic imine (C=N–C) groups is 1. The average molecular weight is 262 g/mol. The Kier molecular flexibility index (Phi) is 3.74. The zero-order chi connectivity index (χ0) is 13.0. The lowest BCUT2D eigenvalue weighted by Crippen LogP contribution is -2.22. The lowest BCUT2D eigenvalue weighted by atomic mass is 10.3. The molecule has 0 saturated heterocycles. The Balaban J connectivity index is 2.17. The molecule has 0 bridgehead atoms. The maximum Gasteiger partial charge on any atom is 0.254 e. The summed E-state index contributed by atoms with van der Waals surface area (Å²) in [5.74, 6) is 0.448. The van der Waals surface area contributed by atoms with Gasteiger partial charge in [-0.2, -0.15) is 9.98 Å². The Labute approximate surface area is 110 Å². The Hall–Kier alpha value is -2.14. The molecular weight excluding hydrogens is 250 g/mol. The number of aromatic nitrogens is 2. The number of nitrogens with two attached hydrogens (primary N) is 1. The van der Waals surface area contributed by atoms with E-state index >= 15 is 0 Å². The van der Waals surface area contributed by atoms with Crippen LogP contribution in [-0.4, -0.2) is 15.9 Å². The monoisotopic (exact) mass is 261 g/mol. The molecule has 18 heavy (non-hydrogen) atoms. The van der Waals surface area contributed by atoms with Crippen molar-refractivity contribution in [3.8, 4) is 0 Å². The second kappa shape index (κ2) is 5.46. The summed E-state index contributed by atoms with van der Waals surface area (Å²) < 4.78 is 0. The van der Waals surface area contributed by atoms with Crippen LogP contribution in [0.2, 0.25) is 5.15 Å². The fraction of sp³-hybridized carbons (Fsp3) is 0.0833. The first kappa shape index (κ1) is 12.3. The number of nitrogens with one attached hydrogen (secondary N) is 1. The quantitative estimate of drug-likeness (QED) is 0.495. The normalized spacial score (nSPS) is 11.3. The zero-order valence-corrected chi connectivity index (χ0v) is 10.5. The summed E-state index contributed by atoms with van der Waals surface area (Å²) in [4.78, 5) is 12.1. The predicted octanol–water partition coefficient (Wildman–Crippen LogP) is 2.50. The van der Waals surface area contributed by atoms with Gasteiger partial charge in [-0.25, -0.2) is 4.98 Å². The Morgan fingerprint density at radius 3 is 2.67 bits per heavy atom. The Bertz CT molecular complexity index is 548. The summed E-state index contributed by atoms with van der Waals surface area (Å²) in [6.07, 6.45) is 0. The summed E-state index contributed by atoms with van der Waals surface area (Å²) in [7, 11) is 0. The molecule has 0 atom stereocenters. The van der Waals surface area contributed by atoms with Crippen molar-refractivity contribution in [2.24, 2.45) is 10.7 Å². The van der Waals surface area contributed by atoms with Crippen LogP contribution in [0, 0.1) is 6.92 Å². The molecule has 0 unspecified atom stereocenters. The zero-order valence-electron chi connectivity index (χ0n) is 9.76. The van der Waals surface area contributed by atoms with E-state index in [0.717, 1.165) is 11.4 Å². The minimum atomic E-state index is 0.211. The molecule has 0 spiro atoms. The van der Waals surface area contributed by atoms with E-state index in [0.29, 0.717) is 5.15 Å². The fourth-order valence-corrected chi connectivity index (χ4v) is 1.60. The van der Waals surface area contributed by atoms with Gasteiger partial charge in [0.05, 0.1) is 0 Å². The van der Waals surface area contributed by atoms with E-state index in [1.807, 2.05) is 37.3 Å². The van der Waals surface area contributed by atoms with Crippen molar-refractivity contribution in [1.82, 2.24) is 9.97 Å². The van der Waals surface area contributed by atoms with Gasteiger partial charge in [0, 0.05) is 11.4 Å². The number of rotatable bonds is 2. The number of hydrogen-bond donors (Lipinski definition) is 2. The fourth-order valence-electron chi connectivity index (χ4n) is 1.37. The first-order chi connectivity index (χ1) is 8.63. The van der Waals surface area contributed by atoms with Gasteiger partial charge in [0.2, 0.25) is 5.96 Å². The number of halogens is 1. The third kappa shape index (κ3) is 3.43. The van der Waals surface area contributed by atoms with Gasteiger partial charge in [-0.3, -0.25) is 0 Å². The van der Waals surface area contributed by atoms with Crippen LogP contribution in [0.4, 0.5) is 11.6 Å². The largest absolute Gasteiger partial charge is 0.369 e. The summed E-state index contributed by atoms with van der Waals surface area (Å²) in [5, 5.41) is 3.28. The minimum absolute atomic E-state index is 0.211. The number of guanidine groups is 1. The molecule has 0 aliphatic heterocycles. The molecule has 0 aliphatic rings. The molecule has 6 heteroatoms. The molecule has 0 fully saturated rings. The van der Waals surface area contributed by atoms with Crippen LogP contribution in [0.25, 0.3) is 0 Å². The molecule has 0 saturated carbocycles. The first-order valence-electron chi connectivity index (χ1n) is 5.31. The molecule has 92 valence electrons. The second-order valence-corrected chi connectivity index (χ2v) is 4.01. The van der Waals surface area contributed by atoms with E-state index in [-0.39, 0.29) is 11.9 Å². The number of aryl methyl sites for hydroxylation is 1. The molecule has 1 aromatic heterocycles. The number of benzene rings is 1. The maximum absolute atomic E-state index is 5.81. The molecule has 3 N–H and O–H groups in total. The van der Waals surface area contributed by atoms with Gasteiger partial charge in [-0.05, 0) is 25.1 Å². The second-order valence-electron chi connectivity index (χ2n) is 3.62. The van der Waals surface area contributed by atoms with Crippen LogP contribution in [-0.2, 0) is 0 Å². The molecule has 2 rings (SSSR count). The topological polar surface area (TPSA) is 76.2 Å². The van der Waals surface area contributed by atoms with Crippen molar-refractivity contribution in [3.63, 3.8) is 0 Å². The Morgan fingerprint density at radius 2 is 2.00 bits per heavy atom. The van der Waals surface area contributed by atoms with E-state index in [1.54, 1.807) is 6.07 Å².